The van der Waals surface area contributed by atoms with Crippen LogP contribution in [0.15, 0.2) is 53.0 Å². The molecule has 7 nitrogen and oxygen atoms in total. The quantitative estimate of drug-likeness (QED) is 0.590. The van der Waals surface area contributed by atoms with Crippen molar-refractivity contribution >= 4 is 33.4 Å². The van der Waals surface area contributed by atoms with E-state index in [4.69, 9.17) is 0 Å². The van der Waals surface area contributed by atoms with Gasteiger partial charge in [0, 0.05) is 35.8 Å². The Balaban J connectivity index is 1.92. The first-order valence-electron chi connectivity index (χ1n) is 7.38. The summed E-state index contributed by atoms with van der Waals surface area (Å²) in [6, 6.07) is 12.9. The average molecular weight is 406 g/mol. The van der Waals surface area contributed by atoms with Crippen LogP contribution in [0.2, 0.25) is 0 Å². The van der Waals surface area contributed by atoms with Crippen LogP contribution in [0, 0.1) is 10.1 Å². The Bertz CT molecular complexity index is 810. The monoisotopic (exact) mass is 405 g/mol. The second kappa shape index (κ2) is 8.39. The maximum absolute atomic E-state index is 12.2. The summed E-state index contributed by atoms with van der Waals surface area (Å²) >= 11 is 3.42. The van der Waals surface area contributed by atoms with Crippen LogP contribution in [0.3, 0.4) is 0 Å². The normalized spacial score (nSPS) is 10.2. The van der Waals surface area contributed by atoms with Crippen LogP contribution < -0.4 is 5.32 Å². The van der Waals surface area contributed by atoms with Gasteiger partial charge in [-0.2, -0.15) is 0 Å². The van der Waals surface area contributed by atoms with Crippen LogP contribution in [0.5, 0.6) is 0 Å². The molecule has 0 radical (unpaired) electrons. The zero-order valence-electron chi connectivity index (χ0n) is 13.4. The minimum absolute atomic E-state index is 0.135. The Morgan fingerprint density at radius 1 is 1.20 bits per heavy atom. The summed E-state index contributed by atoms with van der Waals surface area (Å²) in [4.78, 5) is 35.9. The molecule has 0 fully saturated rings. The zero-order valence-corrected chi connectivity index (χ0v) is 15.0. The minimum atomic E-state index is -0.576. The molecular formula is C17H16BrN3O4. The van der Waals surface area contributed by atoms with Crippen LogP contribution in [0.25, 0.3) is 0 Å². The molecule has 0 aliphatic heterocycles. The van der Waals surface area contributed by atoms with Crippen LogP contribution >= 0.6 is 15.9 Å². The predicted molar refractivity (Wildman–Crippen MR) is 96.0 cm³/mol. The number of hydrogen-bond donors (Lipinski definition) is 1. The van der Waals surface area contributed by atoms with Crippen LogP contribution in [0.4, 0.5) is 5.69 Å². The molecule has 2 aromatic rings. The van der Waals surface area contributed by atoms with Crippen molar-refractivity contribution < 1.29 is 14.5 Å². The van der Waals surface area contributed by atoms with Gasteiger partial charge in [-0.3, -0.25) is 19.7 Å². The molecule has 0 aliphatic carbocycles. The highest BCUT2D eigenvalue weighted by atomic mass is 79.9. The lowest BCUT2D eigenvalue weighted by Gasteiger charge is -2.18. The highest BCUT2D eigenvalue weighted by molar-refractivity contribution is 9.10. The fraction of sp³-hybridized carbons (Fsp3) is 0.176. The van der Waals surface area contributed by atoms with Gasteiger partial charge in [0.05, 0.1) is 11.5 Å². The third-order valence-corrected chi connectivity index (χ3v) is 4.28. The number of likely N-dealkylation sites (N-methyl/N-ethyl adjacent to an activating group) is 1. The summed E-state index contributed by atoms with van der Waals surface area (Å²) in [5, 5.41) is 13.2. The van der Waals surface area contributed by atoms with Crippen molar-refractivity contribution in [1.29, 1.82) is 0 Å². The Labute approximate surface area is 152 Å². The van der Waals surface area contributed by atoms with E-state index in [1.165, 1.54) is 29.2 Å². The number of hydrogen-bond acceptors (Lipinski definition) is 4. The molecule has 25 heavy (non-hydrogen) atoms. The third-order valence-electron chi connectivity index (χ3n) is 3.51. The zero-order chi connectivity index (χ0) is 18.4. The van der Waals surface area contributed by atoms with E-state index in [0.29, 0.717) is 6.54 Å². The topological polar surface area (TPSA) is 92.6 Å². The summed E-state index contributed by atoms with van der Waals surface area (Å²) in [5.74, 6) is -0.805. The summed E-state index contributed by atoms with van der Waals surface area (Å²) in [6.45, 7) is 0.204. The predicted octanol–water partition coefficient (Wildman–Crippen LogP) is 2.75. The number of carbonyl (C=O) groups is 2. The van der Waals surface area contributed by atoms with Crippen LogP contribution in [-0.4, -0.2) is 35.2 Å². The van der Waals surface area contributed by atoms with Gasteiger partial charge < -0.3 is 10.2 Å². The molecule has 0 saturated heterocycles. The van der Waals surface area contributed by atoms with Crippen molar-refractivity contribution in [2.45, 2.75) is 6.54 Å². The van der Waals surface area contributed by atoms with Gasteiger partial charge in [0.2, 0.25) is 5.91 Å². The fourth-order valence-electron chi connectivity index (χ4n) is 2.12. The van der Waals surface area contributed by atoms with Gasteiger partial charge in [0.15, 0.2) is 0 Å². The Hall–Kier alpha value is -2.74. The highest BCUT2D eigenvalue weighted by Gasteiger charge is 2.15. The lowest BCUT2D eigenvalue weighted by atomic mass is 10.2. The number of amides is 2. The first-order valence-corrected chi connectivity index (χ1v) is 8.18. The number of non-ortho nitro benzene ring substituents is 1. The number of nitro groups is 1. The van der Waals surface area contributed by atoms with Gasteiger partial charge in [0.25, 0.3) is 11.6 Å². The molecule has 0 unspecified atom stereocenters. The molecule has 2 rings (SSSR count). The fourth-order valence-corrected chi connectivity index (χ4v) is 2.53. The SMILES string of the molecule is CN(Cc1ccccc1Br)C(=O)CNC(=O)c1cccc([N+](=O)[O-])c1. The maximum atomic E-state index is 12.2. The van der Waals surface area contributed by atoms with Gasteiger partial charge in [-0.15, -0.1) is 0 Å². The van der Waals surface area contributed by atoms with Crippen LogP contribution in [0.1, 0.15) is 15.9 Å². The molecule has 130 valence electrons. The average Bonchev–Trinajstić information content (AvgIpc) is 2.61. The van der Waals surface area contributed by atoms with E-state index in [0.717, 1.165) is 10.0 Å². The molecule has 1 N–H and O–H groups in total. The van der Waals surface area contributed by atoms with Gasteiger partial charge in [-0.25, -0.2) is 0 Å². The van der Waals surface area contributed by atoms with Crippen molar-refractivity contribution in [1.82, 2.24) is 10.2 Å². The van der Waals surface area contributed by atoms with E-state index < -0.39 is 10.8 Å². The second-order valence-corrected chi connectivity index (χ2v) is 6.19. The molecule has 0 aromatic heterocycles. The van der Waals surface area contributed by atoms with E-state index in [1.54, 1.807) is 7.05 Å². The molecule has 0 heterocycles. The third kappa shape index (κ3) is 5.12. The van der Waals surface area contributed by atoms with E-state index in [2.05, 4.69) is 21.2 Å². The largest absolute Gasteiger partial charge is 0.343 e. The van der Waals surface area contributed by atoms with Crippen molar-refractivity contribution in [2.75, 3.05) is 13.6 Å². The second-order valence-electron chi connectivity index (χ2n) is 5.33. The number of nitrogens with one attached hydrogen (secondary N) is 1. The van der Waals surface area contributed by atoms with E-state index in [-0.39, 0.29) is 23.7 Å². The lowest BCUT2D eigenvalue weighted by Crippen LogP contribution is -2.37. The van der Waals surface area contributed by atoms with Crippen molar-refractivity contribution in [3.8, 4) is 0 Å². The van der Waals surface area contributed by atoms with Crippen molar-refractivity contribution in [3.63, 3.8) is 0 Å². The number of nitrogens with zero attached hydrogens (tertiary/aromatic N) is 2. The van der Waals surface area contributed by atoms with Crippen LogP contribution in [-0.2, 0) is 11.3 Å². The van der Waals surface area contributed by atoms with Crippen molar-refractivity contribution in [3.05, 3.63) is 74.2 Å². The molecule has 2 aromatic carbocycles. The van der Waals surface area contributed by atoms with Gasteiger partial charge in [0.1, 0.15) is 0 Å². The Kier molecular flexibility index (Phi) is 6.24. The molecule has 2 amide bonds. The van der Waals surface area contributed by atoms with Gasteiger partial charge in [-0.1, -0.05) is 40.2 Å². The minimum Gasteiger partial charge on any atom is -0.343 e. The summed E-state index contributed by atoms with van der Waals surface area (Å²) in [6.07, 6.45) is 0. The number of halogens is 1. The van der Waals surface area contributed by atoms with Gasteiger partial charge in [-0.05, 0) is 17.7 Å². The molecule has 0 atom stereocenters. The standard InChI is InChI=1S/C17H16BrN3O4/c1-20(11-13-5-2-3-8-15(13)18)16(22)10-19-17(23)12-6-4-7-14(9-12)21(24)25/h2-9H,10-11H2,1H3,(H,19,23). The van der Waals surface area contributed by atoms with E-state index >= 15 is 0 Å². The Morgan fingerprint density at radius 2 is 1.92 bits per heavy atom. The number of nitro benzene ring substituents is 1. The first kappa shape index (κ1) is 18.6. The smallest absolute Gasteiger partial charge is 0.270 e. The highest BCUT2D eigenvalue weighted by Crippen LogP contribution is 2.17. The molecule has 0 spiro atoms. The molecular weight excluding hydrogens is 390 g/mol. The lowest BCUT2D eigenvalue weighted by molar-refractivity contribution is -0.384. The molecule has 0 saturated carbocycles. The molecule has 0 bridgehead atoms. The molecule has 0 aliphatic rings. The number of carbonyl (C=O) groups excluding carboxylic acids is 2. The van der Waals surface area contributed by atoms with Crippen molar-refractivity contribution in [2.24, 2.45) is 0 Å². The summed E-state index contributed by atoms with van der Waals surface area (Å²) in [7, 11) is 1.64. The first-order chi connectivity index (χ1) is 11.9. The van der Waals surface area contributed by atoms with E-state index in [1.807, 2.05) is 24.3 Å². The maximum Gasteiger partial charge on any atom is 0.270 e. The number of rotatable bonds is 6. The number of benzene rings is 2. The molecule has 8 heteroatoms. The Morgan fingerprint density at radius 3 is 2.60 bits per heavy atom. The van der Waals surface area contributed by atoms with E-state index in [9.17, 15) is 19.7 Å². The summed E-state index contributed by atoms with van der Waals surface area (Å²) in [5.41, 5.74) is 0.906. The van der Waals surface area contributed by atoms with Gasteiger partial charge >= 0.3 is 0 Å². The summed E-state index contributed by atoms with van der Waals surface area (Å²) < 4.78 is 0.898.